The number of anilines is 1. The number of carbonyl (C=O) groups is 2. The predicted molar refractivity (Wildman–Crippen MR) is 95.1 cm³/mol. The van der Waals surface area contributed by atoms with E-state index in [1.165, 1.54) is 36.1 Å². The second-order valence-electron chi connectivity index (χ2n) is 6.58. The van der Waals surface area contributed by atoms with Crippen LogP contribution in [-0.2, 0) is 17.5 Å². The van der Waals surface area contributed by atoms with Crippen molar-refractivity contribution in [1.29, 1.82) is 0 Å². The number of rotatable bonds is 5. The smallest absolute Gasteiger partial charge is 0.331 e. The van der Waals surface area contributed by atoms with Crippen molar-refractivity contribution in [2.45, 2.75) is 38.5 Å². The van der Waals surface area contributed by atoms with Gasteiger partial charge in [-0.1, -0.05) is 24.3 Å². The van der Waals surface area contributed by atoms with Crippen LogP contribution >= 0.6 is 0 Å². The van der Waals surface area contributed by atoms with Crippen LogP contribution < -0.4 is 5.32 Å². The van der Waals surface area contributed by atoms with Gasteiger partial charge >= 0.3 is 6.18 Å². The van der Waals surface area contributed by atoms with Gasteiger partial charge in [0.2, 0.25) is 5.91 Å². The molecule has 0 spiro atoms. The molecule has 142 valence electrons. The number of amides is 2. The summed E-state index contributed by atoms with van der Waals surface area (Å²) in [5.41, 5.74) is 0.149. The summed E-state index contributed by atoms with van der Waals surface area (Å²) in [5, 5.41) is 2.60. The van der Waals surface area contributed by atoms with Gasteiger partial charge < -0.3 is 10.2 Å². The minimum absolute atomic E-state index is 0.0665. The van der Waals surface area contributed by atoms with Crippen molar-refractivity contribution < 1.29 is 22.8 Å². The predicted octanol–water partition coefficient (Wildman–Crippen LogP) is 4.47. The average molecular weight is 376 g/mol. The summed E-state index contributed by atoms with van der Waals surface area (Å²) < 4.78 is 39.8. The van der Waals surface area contributed by atoms with Crippen molar-refractivity contribution >= 4 is 17.5 Å². The highest BCUT2D eigenvalue weighted by Crippen LogP contribution is 2.35. The lowest BCUT2D eigenvalue weighted by Crippen LogP contribution is -2.33. The largest absolute Gasteiger partial charge is 0.416 e. The zero-order chi connectivity index (χ0) is 19.6. The van der Waals surface area contributed by atoms with Crippen LogP contribution in [-0.4, -0.2) is 22.8 Å². The molecule has 0 heterocycles. The lowest BCUT2D eigenvalue weighted by Gasteiger charge is -2.24. The van der Waals surface area contributed by atoms with Gasteiger partial charge in [0.25, 0.3) is 5.91 Å². The number of hydrogen-bond donors (Lipinski definition) is 1. The second kappa shape index (κ2) is 7.42. The fourth-order valence-corrected chi connectivity index (χ4v) is 2.97. The summed E-state index contributed by atoms with van der Waals surface area (Å²) in [4.78, 5) is 25.7. The highest BCUT2D eigenvalue weighted by molar-refractivity contribution is 5.97. The Morgan fingerprint density at radius 1 is 1.11 bits per heavy atom. The summed E-state index contributed by atoms with van der Waals surface area (Å²) in [5.74, 6) is -0.612. The Hall–Kier alpha value is -2.83. The number of alkyl halides is 3. The van der Waals surface area contributed by atoms with Crippen molar-refractivity contribution in [3.05, 3.63) is 65.2 Å². The van der Waals surface area contributed by atoms with Crippen LogP contribution in [0.4, 0.5) is 18.9 Å². The number of carbonyl (C=O) groups excluding carboxylic acids is 2. The van der Waals surface area contributed by atoms with Gasteiger partial charge in [0.15, 0.2) is 0 Å². The molecule has 1 saturated carbocycles. The molecule has 0 saturated heterocycles. The Labute approximate surface area is 155 Å². The van der Waals surface area contributed by atoms with Crippen molar-refractivity contribution in [2.75, 3.05) is 5.32 Å². The number of nitrogens with one attached hydrogen (secondary N) is 1. The molecule has 1 aliphatic carbocycles. The maximum absolute atomic E-state index is 13.3. The molecular formula is C20H19F3N2O2. The van der Waals surface area contributed by atoms with Crippen molar-refractivity contribution in [3.63, 3.8) is 0 Å². The summed E-state index contributed by atoms with van der Waals surface area (Å²) >= 11 is 0. The second-order valence-corrected chi connectivity index (χ2v) is 6.58. The third-order valence-corrected chi connectivity index (χ3v) is 4.34. The first-order valence-corrected chi connectivity index (χ1v) is 8.59. The van der Waals surface area contributed by atoms with Gasteiger partial charge in [-0.3, -0.25) is 9.59 Å². The quantitative estimate of drug-likeness (QED) is 0.837. The Kier molecular flexibility index (Phi) is 5.21. The Balaban J connectivity index is 1.87. The van der Waals surface area contributed by atoms with Gasteiger partial charge in [0.1, 0.15) is 0 Å². The zero-order valence-electron chi connectivity index (χ0n) is 14.7. The maximum atomic E-state index is 13.3. The number of hydrogen-bond acceptors (Lipinski definition) is 2. The summed E-state index contributed by atoms with van der Waals surface area (Å²) in [6.45, 7) is 1.25. The number of benzene rings is 2. The van der Waals surface area contributed by atoms with Gasteiger partial charge in [0, 0.05) is 30.8 Å². The molecule has 2 amide bonds. The SMILES string of the molecule is CC(=O)Nc1cccc(C(=O)N(Cc2ccccc2C(F)(F)F)C2CC2)c1. The fraction of sp³-hybridized carbons (Fsp3) is 0.300. The third kappa shape index (κ3) is 4.67. The van der Waals surface area contributed by atoms with Gasteiger partial charge in [-0.2, -0.15) is 13.2 Å². The minimum atomic E-state index is -4.47. The van der Waals surface area contributed by atoms with E-state index in [1.807, 2.05) is 0 Å². The van der Waals surface area contributed by atoms with E-state index in [2.05, 4.69) is 5.32 Å². The van der Waals surface area contributed by atoms with Crippen LogP contribution in [0.1, 0.15) is 41.3 Å². The normalized spacial score (nSPS) is 13.9. The summed E-state index contributed by atoms with van der Waals surface area (Å²) in [7, 11) is 0. The van der Waals surface area contributed by atoms with E-state index < -0.39 is 11.7 Å². The molecule has 4 nitrogen and oxygen atoms in total. The molecule has 1 N–H and O–H groups in total. The van der Waals surface area contributed by atoms with Gasteiger partial charge in [-0.25, -0.2) is 0 Å². The molecule has 0 unspecified atom stereocenters. The van der Waals surface area contributed by atoms with E-state index in [4.69, 9.17) is 0 Å². The lowest BCUT2D eigenvalue weighted by molar-refractivity contribution is -0.138. The van der Waals surface area contributed by atoms with Crippen LogP contribution in [0.15, 0.2) is 48.5 Å². The molecule has 0 bridgehead atoms. The molecule has 0 atom stereocenters. The molecule has 7 heteroatoms. The molecule has 0 aromatic heterocycles. The van der Waals surface area contributed by atoms with Crippen LogP contribution in [0.2, 0.25) is 0 Å². The van der Waals surface area contributed by atoms with Crippen molar-refractivity contribution in [1.82, 2.24) is 4.90 Å². The highest BCUT2D eigenvalue weighted by atomic mass is 19.4. The topological polar surface area (TPSA) is 49.4 Å². The first-order chi connectivity index (χ1) is 12.8. The average Bonchev–Trinajstić information content (AvgIpc) is 3.43. The lowest BCUT2D eigenvalue weighted by atomic mass is 10.1. The van der Waals surface area contributed by atoms with E-state index in [0.29, 0.717) is 11.3 Å². The van der Waals surface area contributed by atoms with E-state index in [0.717, 1.165) is 18.9 Å². The zero-order valence-corrected chi connectivity index (χ0v) is 14.7. The molecule has 2 aromatic carbocycles. The first kappa shape index (κ1) is 18.9. The summed E-state index contributed by atoms with van der Waals surface area (Å²) in [6, 6.07) is 11.7. The van der Waals surface area contributed by atoms with Gasteiger partial charge in [0.05, 0.1) is 5.56 Å². The molecular weight excluding hydrogens is 357 g/mol. The first-order valence-electron chi connectivity index (χ1n) is 8.59. The van der Waals surface area contributed by atoms with Crippen LogP contribution in [0, 0.1) is 0 Å². The Morgan fingerprint density at radius 3 is 2.44 bits per heavy atom. The number of nitrogens with zero attached hydrogens (tertiary/aromatic N) is 1. The molecule has 1 aliphatic rings. The molecule has 1 fully saturated rings. The van der Waals surface area contributed by atoms with E-state index in [9.17, 15) is 22.8 Å². The van der Waals surface area contributed by atoms with Crippen molar-refractivity contribution in [3.8, 4) is 0 Å². The van der Waals surface area contributed by atoms with Gasteiger partial charge in [-0.15, -0.1) is 0 Å². The van der Waals surface area contributed by atoms with Crippen LogP contribution in [0.5, 0.6) is 0 Å². The van der Waals surface area contributed by atoms with E-state index >= 15 is 0 Å². The van der Waals surface area contributed by atoms with Crippen LogP contribution in [0.3, 0.4) is 0 Å². The standard InChI is InChI=1S/C20H19F3N2O2/c1-13(26)24-16-7-4-6-14(11-16)19(27)25(17-9-10-17)12-15-5-2-3-8-18(15)20(21,22)23/h2-8,11,17H,9-10,12H2,1H3,(H,24,26). The molecule has 0 radical (unpaired) electrons. The minimum Gasteiger partial charge on any atom is -0.331 e. The Morgan fingerprint density at radius 2 is 1.81 bits per heavy atom. The third-order valence-electron chi connectivity index (χ3n) is 4.34. The maximum Gasteiger partial charge on any atom is 0.416 e. The van der Waals surface area contributed by atoms with Gasteiger partial charge in [-0.05, 0) is 42.7 Å². The van der Waals surface area contributed by atoms with Crippen molar-refractivity contribution in [2.24, 2.45) is 0 Å². The van der Waals surface area contributed by atoms with Crippen LogP contribution in [0.25, 0.3) is 0 Å². The summed E-state index contributed by atoms with van der Waals surface area (Å²) in [6.07, 6.45) is -2.93. The fourth-order valence-electron chi connectivity index (χ4n) is 2.97. The number of halogens is 3. The Bertz CT molecular complexity index is 860. The molecule has 0 aliphatic heterocycles. The highest BCUT2D eigenvalue weighted by Gasteiger charge is 2.37. The van der Waals surface area contributed by atoms with E-state index in [-0.39, 0.29) is 30.0 Å². The molecule has 3 rings (SSSR count). The molecule has 2 aromatic rings. The van der Waals surface area contributed by atoms with E-state index in [1.54, 1.807) is 18.2 Å². The monoisotopic (exact) mass is 376 g/mol. The molecule has 27 heavy (non-hydrogen) atoms.